The Bertz CT molecular complexity index is 817. The summed E-state index contributed by atoms with van der Waals surface area (Å²) in [5.41, 5.74) is 1.89. The van der Waals surface area contributed by atoms with Gasteiger partial charge in [0.2, 0.25) is 0 Å². The van der Waals surface area contributed by atoms with E-state index in [1.165, 1.54) is 19.1 Å². The molecule has 0 radical (unpaired) electrons. The zero-order valence-corrected chi connectivity index (χ0v) is 11.9. The summed E-state index contributed by atoms with van der Waals surface area (Å²) in [5.74, 6) is -0.488. The molecule has 0 aliphatic carbocycles. The van der Waals surface area contributed by atoms with E-state index >= 15 is 0 Å². The molecule has 0 saturated heterocycles. The molecule has 3 rings (SSSR count). The van der Waals surface area contributed by atoms with Crippen LogP contribution in [0.25, 0.3) is 22.0 Å². The number of rotatable bonds is 2. The molecule has 1 aromatic heterocycles. The molecule has 0 spiro atoms. The van der Waals surface area contributed by atoms with Crippen LogP contribution in [-0.2, 0) is 7.05 Å². The number of hydrogen-bond donors (Lipinski definition) is 0. The molecule has 0 fully saturated rings. The second-order valence-corrected chi connectivity index (χ2v) is 4.95. The number of fused-ring (bicyclic) bond motifs is 1. The van der Waals surface area contributed by atoms with Crippen LogP contribution < -0.4 is 4.74 Å². The monoisotopic (exact) mass is 288 g/mol. The number of aromatic nitrogens is 2. The average Bonchev–Trinajstić information content (AvgIpc) is 2.84. The highest BCUT2D eigenvalue weighted by molar-refractivity contribution is 5.97. The number of benzene rings is 2. The molecule has 3 nitrogen and oxygen atoms in total. The predicted molar refractivity (Wildman–Crippen MR) is 77.4 cm³/mol. The summed E-state index contributed by atoms with van der Waals surface area (Å²) in [6, 6.07) is 6.21. The molecule has 0 bridgehead atoms. The maximum Gasteiger partial charge on any atom is 0.147 e. The van der Waals surface area contributed by atoms with E-state index in [-0.39, 0.29) is 5.56 Å². The highest BCUT2D eigenvalue weighted by atomic mass is 19.1. The van der Waals surface area contributed by atoms with Gasteiger partial charge in [-0.1, -0.05) is 0 Å². The van der Waals surface area contributed by atoms with Gasteiger partial charge in [-0.3, -0.25) is 4.68 Å². The van der Waals surface area contributed by atoms with Gasteiger partial charge in [-0.2, -0.15) is 5.10 Å². The topological polar surface area (TPSA) is 27.1 Å². The van der Waals surface area contributed by atoms with E-state index in [4.69, 9.17) is 4.74 Å². The first kappa shape index (κ1) is 13.5. The van der Waals surface area contributed by atoms with Crippen molar-refractivity contribution in [2.75, 3.05) is 7.11 Å². The van der Waals surface area contributed by atoms with Crippen molar-refractivity contribution in [3.63, 3.8) is 0 Å². The number of halogens is 2. The largest absolute Gasteiger partial charge is 0.494 e. The van der Waals surface area contributed by atoms with Crippen LogP contribution in [0.1, 0.15) is 5.56 Å². The van der Waals surface area contributed by atoms with Crippen LogP contribution in [0.15, 0.2) is 30.5 Å². The molecule has 3 aromatic rings. The predicted octanol–water partition coefficient (Wildman–Crippen LogP) is 3.84. The zero-order chi connectivity index (χ0) is 15.1. The Balaban J connectivity index is 2.31. The Hall–Kier alpha value is -2.43. The minimum Gasteiger partial charge on any atom is -0.494 e. The van der Waals surface area contributed by atoms with E-state index in [0.29, 0.717) is 16.8 Å². The van der Waals surface area contributed by atoms with E-state index in [1.54, 1.807) is 31.0 Å². The molecule has 0 saturated carbocycles. The molecule has 0 N–H and O–H groups in total. The van der Waals surface area contributed by atoms with Crippen LogP contribution in [0, 0.1) is 18.6 Å². The van der Waals surface area contributed by atoms with Crippen LogP contribution in [0.2, 0.25) is 0 Å². The maximum atomic E-state index is 13.8. The lowest BCUT2D eigenvalue weighted by Gasteiger charge is -2.08. The third kappa shape index (κ3) is 2.14. The quantitative estimate of drug-likeness (QED) is 0.716. The minimum absolute atomic E-state index is 0.0229. The van der Waals surface area contributed by atoms with Crippen molar-refractivity contribution < 1.29 is 13.5 Å². The summed E-state index contributed by atoms with van der Waals surface area (Å²) in [5, 5.41) is 5.13. The molecule has 0 atom stereocenters. The van der Waals surface area contributed by atoms with Crippen molar-refractivity contribution >= 4 is 10.9 Å². The minimum atomic E-state index is -0.558. The van der Waals surface area contributed by atoms with Gasteiger partial charge in [0.25, 0.3) is 0 Å². The van der Waals surface area contributed by atoms with Crippen LogP contribution in [-0.4, -0.2) is 16.9 Å². The first-order valence-corrected chi connectivity index (χ1v) is 6.47. The Morgan fingerprint density at radius 2 is 1.81 bits per heavy atom. The zero-order valence-electron chi connectivity index (χ0n) is 11.9. The lowest BCUT2D eigenvalue weighted by atomic mass is 10.00. The van der Waals surface area contributed by atoms with E-state index < -0.39 is 11.6 Å². The molecular formula is C16H14F2N2O. The lowest BCUT2D eigenvalue weighted by molar-refractivity contribution is 0.418. The van der Waals surface area contributed by atoms with Crippen molar-refractivity contribution in [2.24, 2.45) is 7.05 Å². The van der Waals surface area contributed by atoms with E-state index in [0.717, 1.165) is 10.9 Å². The summed E-state index contributed by atoms with van der Waals surface area (Å²) in [4.78, 5) is 0. The number of ether oxygens (including phenoxy) is 1. The molecule has 0 aliphatic rings. The Morgan fingerprint density at radius 1 is 1.14 bits per heavy atom. The third-order valence-corrected chi connectivity index (χ3v) is 3.57. The summed E-state index contributed by atoms with van der Waals surface area (Å²) in [6.07, 6.45) is 1.81. The molecule has 2 aromatic carbocycles. The molecule has 5 heteroatoms. The van der Waals surface area contributed by atoms with Crippen molar-refractivity contribution in [3.05, 3.63) is 47.7 Å². The normalized spacial score (nSPS) is 11.1. The second kappa shape index (κ2) is 4.84. The second-order valence-electron chi connectivity index (χ2n) is 4.95. The Kier molecular flexibility index (Phi) is 3.12. The van der Waals surface area contributed by atoms with Gasteiger partial charge < -0.3 is 4.74 Å². The number of nitrogens with zero attached hydrogens (tertiary/aromatic N) is 2. The van der Waals surface area contributed by atoms with Crippen LogP contribution in [0.4, 0.5) is 8.78 Å². The van der Waals surface area contributed by atoms with Crippen LogP contribution >= 0.6 is 0 Å². The molecule has 0 amide bonds. The fraction of sp³-hybridized carbons (Fsp3) is 0.188. The fourth-order valence-corrected chi connectivity index (χ4v) is 2.41. The van der Waals surface area contributed by atoms with Crippen molar-refractivity contribution in [2.45, 2.75) is 6.92 Å². The maximum absolute atomic E-state index is 13.8. The van der Waals surface area contributed by atoms with Gasteiger partial charge in [-0.15, -0.1) is 0 Å². The van der Waals surface area contributed by atoms with Crippen molar-refractivity contribution in [3.8, 4) is 16.9 Å². The fourth-order valence-electron chi connectivity index (χ4n) is 2.41. The molecule has 0 unspecified atom stereocenters. The van der Waals surface area contributed by atoms with Crippen molar-refractivity contribution in [1.82, 2.24) is 9.78 Å². The molecular weight excluding hydrogens is 274 g/mol. The summed E-state index contributed by atoms with van der Waals surface area (Å²) in [7, 11) is 3.36. The first-order valence-electron chi connectivity index (χ1n) is 6.47. The summed E-state index contributed by atoms with van der Waals surface area (Å²) >= 11 is 0. The standard InChI is InChI=1S/C16H14F2N2O/c1-9-13(17)6-10(7-14(9)18)11-4-5-15(21-3)16-12(11)8-20(2)19-16/h4-8H,1-3H3. The summed E-state index contributed by atoms with van der Waals surface area (Å²) in [6.45, 7) is 1.42. The van der Waals surface area contributed by atoms with Crippen LogP contribution in [0.5, 0.6) is 5.75 Å². The number of methoxy groups -OCH3 is 1. The highest BCUT2D eigenvalue weighted by Gasteiger charge is 2.14. The first-order chi connectivity index (χ1) is 10.0. The molecule has 1 heterocycles. The average molecular weight is 288 g/mol. The molecule has 0 aliphatic heterocycles. The summed E-state index contributed by atoms with van der Waals surface area (Å²) < 4.78 is 34.5. The Morgan fingerprint density at radius 3 is 2.43 bits per heavy atom. The van der Waals surface area contributed by atoms with Gasteiger partial charge in [0.15, 0.2) is 0 Å². The van der Waals surface area contributed by atoms with Crippen LogP contribution in [0.3, 0.4) is 0 Å². The third-order valence-electron chi connectivity index (χ3n) is 3.57. The van der Waals surface area contributed by atoms with Gasteiger partial charge in [-0.05, 0) is 42.3 Å². The SMILES string of the molecule is COc1ccc(-c2cc(F)c(C)c(F)c2)c2cn(C)nc12. The van der Waals surface area contributed by atoms with Gasteiger partial charge in [0, 0.05) is 24.2 Å². The number of hydrogen-bond acceptors (Lipinski definition) is 2. The van der Waals surface area contributed by atoms with E-state index in [1.807, 2.05) is 6.20 Å². The highest BCUT2D eigenvalue weighted by Crippen LogP contribution is 2.34. The lowest BCUT2D eigenvalue weighted by Crippen LogP contribution is -1.92. The van der Waals surface area contributed by atoms with Gasteiger partial charge in [0.05, 0.1) is 7.11 Å². The molecule has 108 valence electrons. The van der Waals surface area contributed by atoms with Crippen molar-refractivity contribution in [1.29, 1.82) is 0 Å². The van der Waals surface area contributed by atoms with E-state index in [2.05, 4.69) is 5.10 Å². The van der Waals surface area contributed by atoms with Gasteiger partial charge in [-0.25, -0.2) is 8.78 Å². The Labute approximate surface area is 120 Å². The number of aryl methyl sites for hydroxylation is 1. The molecule has 21 heavy (non-hydrogen) atoms. The van der Waals surface area contributed by atoms with Gasteiger partial charge >= 0.3 is 0 Å². The van der Waals surface area contributed by atoms with Gasteiger partial charge in [0.1, 0.15) is 22.9 Å². The smallest absolute Gasteiger partial charge is 0.147 e. The van der Waals surface area contributed by atoms with E-state index in [9.17, 15) is 8.78 Å².